The molecule has 2 rings (SSSR count). The van der Waals surface area contributed by atoms with E-state index in [0.29, 0.717) is 5.69 Å². The number of nitrogens with two attached hydrogens (primary N) is 1. The zero-order valence-electron chi connectivity index (χ0n) is 9.31. The van der Waals surface area contributed by atoms with Gasteiger partial charge < -0.3 is 10.3 Å². The molecule has 0 unspecified atom stereocenters. The van der Waals surface area contributed by atoms with Gasteiger partial charge in [-0.2, -0.15) is 0 Å². The van der Waals surface area contributed by atoms with Gasteiger partial charge in [-0.3, -0.25) is 0 Å². The molecule has 0 bridgehead atoms. The largest absolute Gasteiger partial charge is 0.324 e. The van der Waals surface area contributed by atoms with Gasteiger partial charge in [-0.25, -0.2) is 9.37 Å². The summed E-state index contributed by atoms with van der Waals surface area (Å²) in [6.07, 6.45) is 3.38. The molecule has 0 saturated carbocycles. The van der Waals surface area contributed by atoms with Gasteiger partial charge in [0.25, 0.3) is 0 Å². The third kappa shape index (κ3) is 1.84. The minimum absolute atomic E-state index is 0.160. The number of nitrogens with zero attached hydrogens (tertiary/aromatic N) is 2. The molecule has 1 heterocycles. The summed E-state index contributed by atoms with van der Waals surface area (Å²) in [6, 6.07) is 4.87. The highest BCUT2D eigenvalue weighted by atomic mass is 19.1. The average molecular weight is 219 g/mol. The van der Waals surface area contributed by atoms with Gasteiger partial charge >= 0.3 is 0 Å². The minimum Gasteiger partial charge on any atom is -0.324 e. The van der Waals surface area contributed by atoms with Gasteiger partial charge in [-0.05, 0) is 31.5 Å². The number of rotatable bonds is 2. The van der Waals surface area contributed by atoms with Crippen molar-refractivity contribution in [3.8, 4) is 5.69 Å². The number of hydrogen-bond donors (Lipinski definition) is 1. The lowest BCUT2D eigenvalue weighted by molar-refractivity contribution is 0.611. The lowest BCUT2D eigenvalue weighted by atomic mass is 10.1. The molecule has 0 aliphatic heterocycles. The standard InChI is InChI=1S/C12H14FN3/c1-8(14)10-3-4-12(11(13)7-10)16-6-5-15-9(16)2/h3-8H,14H2,1-2H3/t8-/m1/s1. The number of benzene rings is 1. The molecule has 0 aliphatic rings. The maximum absolute atomic E-state index is 13.8. The normalized spacial score (nSPS) is 12.8. The zero-order chi connectivity index (χ0) is 11.7. The smallest absolute Gasteiger partial charge is 0.147 e. The third-order valence-corrected chi connectivity index (χ3v) is 2.58. The Balaban J connectivity index is 2.48. The molecule has 0 fully saturated rings. The Labute approximate surface area is 93.7 Å². The summed E-state index contributed by atoms with van der Waals surface area (Å²) < 4.78 is 15.6. The van der Waals surface area contributed by atoms with Crippen molar-refractivity contribution in [2.45, 2.75) is 19.9 Å². The fraction of sp³-hybridized carbons (Fsp3) is 0.250. The first kappa shape index (κ1) is 10.8. The molecule has 84 valence electrons. The van der Waals surface area contributed by atoms with Crippen LogP contribution in [-0.4, -0.2) is 9.55 Å². The Kier molecular flexibility index (Phi) is 2.75. The van der Waals surface area contributed by atoms with Gasteiger partial charge in [0.1, 0.15) is 11.6 Å². The summed E-state index contributed by atoms with van der Waals surface area (Å²) in [7, 11) is 0. The molecular weight excluding hydrogens is 205 g/mol. The van der Waals surface area contributed by atoms with Crippen LogP contribution in [0.1, 0.15) is 24.4 Å². The highest BCUT2D eigenvalue weighted by Gasteiger charge is 2.09. The number of imidazole rings is 1. The van der Waals surface area contributed by atoms with Gasteiger partial charge in [-0.15, -0.1) is 0 Å². The van der Waals surface area contributed by atoms with Crippen molar-refractivity contribution < 1.29 is 4.39 Å². The van der Waals surface area contributed by atoms with Gasteiger partial charge in [0.2, 0.25) is 0 Å². The Morgan fingerprint density at radius 2 is 2.19 bits per heavy atom. The van der Waals surface area contributed by atoms with Crippen molar-refractivity contribution in [2.24, 2.45) is 5.73 Å². The van der Waals surface area contributed by atoms with E-state index >= 15 is 0 Å². The van der Waals surface area contributed by atoms with Crippen LogP contribution in [0.5, 0.6) is 0 Å². The van der Waals surface area contributed by atoms with E-state index < -0.39 is 0 Å². The second-order valence-corrected chi connectivity index (χ2v) is 3.84. The highest BCUT2D eigenvalue weighted by Crippen LogP contribution is 2.19. The zero-order valence-corrected chi connectivity index (χ0v) is 9.31. The molecule has 1 aromatic carbocycles. The Morgan fingerprint density at radius 1 is 1.44 bits per heavy atom. The Hall–Kier alpha value is -1.68. The summed E-state index contributed by atoms with van der Waals surface area (Å²) in [5.41, 5.74) is 6.99. The fourth-order valence-corrected chi connectivity index (χ4v) is 1.63. The summed E-state index contributed by atoms with van der Waals surface area (Å²) in [5.74, 6) is 0.475. The van der Waals surface area contributed by atoms with E-state index in [1.54, 1.807) is 23.0 Å². The van der Waals surface area contributed by atoms with Crippen LogP contribution in [0.3, 0.4) is 0 Å². The van der Waals surface area contributed by atoms with Crippen LogP contribution in [0.2, 0.25) is 0 Å². The molecule has 2 N–H and O–H groups in total. The summed E-state index contributed by atoms with van der Waals surface area (Å²) in [5, 5.41) is 0. The van der Waals surface area contributed by atoms with Crippen LogP contribution >= 0.6 is 0 Å². The van der Waals surface area contributed by atoms with Gasteiger partial charge in [0.05, 0.1) is 5.69 Å². The van der Waals surface area contributed by atoms with E-state index in [4.69, 9.17) is 5.73 Å². The number of aryl methyl sites for hydroxylation is 1. The molecule has 2 aromatic rings. The molecule has 16 heavy (non-hydrogen) atoms. The summed E-state index contributed by atoms with van der Waals surface area (Å²) in [6.45, 7) is 3.66. The van der Waals surface area contributed by atoms with Crippen molar-refractivity contribution in [1.29, 1.82) is 0 Å². The molecule has 4 heteroatoms. The minimum atomic E-state index is -0.282. The van der Waals surface area contributed by atoms with E-state index in [-0.39, 0.29) is 11.9 Å². The molecule has 0 aliphatic carbocycles. The maximum Gasteiger partial charge on any atom is 0.147 e. The van der Waals surface area contributed by atoms with Gasteiger partial charge in [-0.1, -0.05) is 6.07 Å². The second kappa shape index (κ2) is 4.06. The predicted octanol–water partition coefficient (Wildman–Crippen LogP) is 2.34. The van der Waals surface area contributed by atoms with Crippen LogP contribution < -0.4 is 5.73 Å². The Bertz CT molecular complexity index is 503. The quantitative estimate of drug-likeness (QED) is 0.842. The lowest BCUT2D eigenvalue weighted by Crippen LogP contribution is -2.07. The molecule has 1 atom stereocenters. The topological polar surface area (TPSA) is 43.8 Å². The summed E-state index contributed by atoms with van der Waals surface area (Å²) >= 11 is 0. The van der Waals surface area contributed by atoms with E-state index in [0.717, 1.165) is 11.4 Å². The SMILES string of the molecule is Cc1nccn1-c1ccc([C@@H](C)N)cc1F. The van der Waals surface area contributed by atoms with E-state index in [9.17, 15) is 4.39 Å². The molecule has 0 saturated heterocycles. The molecule has 3 nitrogen and oxygen atoms in total. The van der Waals surface area contributed by atoms with E-state index in [1.165, 1.54) is 6.07 Å². The molecule has 0 radical (unpaired) electrons. The molecule has 0 spiro atoms. The highest BCUT2D eigenvalue weighted by molar-refractivity contribution is 5.38. The first-order chi connectivity index (χ1) is 7.59. The van der Waals surface area contributed by atoms with E-state index in [2.05, 4.69) is 4.98 Å². The average Bonchev–Trinajstić information content (AvgIpc) is 2.64. The number of aromatic nitrogens is 2. The third-order valence-electron chi connectivity index (χ3n) is 2.58. The van der Waals surface area contributed by atoms with Gasteiger partial charge in [0.15, 0.2) is 0 Å². The number of hydrogen-bond acceptors (Lipinski definition) is 2. The van der Waals surface area contributed by atoms with Crippen LogP contribution in [0.25, 0.3) is 5.69 Å². The van der Waals surface area contributed by atoms with Crippen molar-refractivity contribution in [1.82, 2.24) is 9.55 Å². The van der Waals surface area contributed by atoms with E-state index in [1.807, 2.05) is 19.9 Å². The van der Waals surface area contributed by atoms with Crippen molar-refractivity contribution in [3.63, 3.8) is 0 Å². The van der Waals surface area contributed by atoms with Crippen molar-refractivity contribution in [3.05, 3.63) is 47.8 Å². The van der Waals surface area contributed by atoms with Crippen molar-refractivity contribution >= 4 is 0 Å². The van der Waals surface area contributed by atoms with Crippen molar-refractivity contribution in [2.75, 3.05) is 0 Å². The second-order valence-electron chi connectivity index (χ2n) is 3.84. The maximum atomic E-state index is 13.8. The van der Waals surface area contributed by atoms with Crippen LogP contribution in [0.15, 0.2) is 30.6 Å². The van der Waals surface area contributed by atoms with Crippen LogP contribution in [-0.2, 0) is 0 Å². The fourth-order valence-electron chi connectivity index (χ4n) is 1.63. The molecule has 0 amide bonds. The monoisotopic (exact) mass is 219 g/mol. The summed E-state index contributed by atoms with van der Waals surface area (Å²) in [4.78, 5) is 4.06. The number of halogens is 1. The molecular formula is C12H14FN3. The van der Waals surface area contributed by atoms with Crippen LogP contribution in [0.4, 0.5) is 4.39 Å². The first-order valence-electron chi connectivity index (χ1n) is 5.15. The molecule has 1 aromatic heterocycles. The van der Waals surface area contributed by atoms with Gasteiger partial charge in [0, 0.05) is 18.4 Å². The first-order valence-corrected chi connectivity index (χ1v) is 5.15. The Morgan fingerprint density at radius 3 is 2.69 bits per heavy atom. The predicted molar refractivity (Wildman–Crippen MR) is 60.9 cm³/mol. The lowest BCUT2D eigenvalue weighted by Gasteiger charge is -2.10. The van der Waals surface area contributed by atoms with Crippen LogP contribution in [0, 0.1) is 12.7 Å².